The van der Waals surface area contributed by atoms with Crippen molar-refractivity contribution in [1.29, 1.82) is 10.5 Å². The number of hydrogen-bond acceptors (Lipinski definition) is 4. The molecule has 5 nitrogen and oxygen atoms in total. The van der Waals surface area contributed by atoms with Gasteiger partial charge < -0.3 is 4.57 Å². The second kappa shape index (κ2) is 12.1. The molecule has 0 radical (unpaired) electrons. The topological polar surface area (TPSA) is 78.3 Å². The molecule has 2 aliphatic rings. The van der Waals surface area contributed by atoms with E-state index in [0.29, 0.717) is 28.2 Å². The van der Waals surface area contributed by atoms with Gasteiger partial charge in [0.15, 0.2) is 5.82 Å². The van der Waals surface area contributed by atoms with Crippen LogP contribution in [0.1, 0.15) is 58.8 Å². The summed E-state index contributed by atoms with van der Waals surface area (Å²) >= 11 is 0. The lowest BCUT2D eigenvalue weighted by Crippen LogP contribution is -2.13. The standard InChI is InChI=1S/C43H31N5/c1-28-13-8-9-18-32(28)38-25-37(30-16-6-3-7-17-30)46-43(47-38)41-31(26-44)23-24-40(36(41)27-45)48-39-22-11-10-19-34(39)35-21-12-20-33(42(35)48)29-14-4-2-5-15-29/h2-19,21-25,28,32-33H,20H2,1H3. The van der Waals surface area contributed by atoms with Crippen LogP contribution in [0.2, 0.25) is 0 Å². The molecule has 4 aromatic carbocycles. The minimum atomic E-state index is 0.0253. The quantitative estimate of drug-likeness (QED) is 0.193. The van der Waals surface area contributed by atoms with Crippen LogP contribution in [0.3, 0.4) is 0 Å². The summed E-state index contributed by atoms with van der Waals surface area (Å²) in [6, 6.07) is 39.5. The molecule has 3 atom stereocenters. The van der Waals surface area contributed by atoms with Gasteiger partial charge in [0, 0.05) is 34.0 Å². The fraction of sp³-hybridized carbons (Fsp3) is 0.116. The number of rotatable bonds is 5. The third kappa shape index (κ3) is 4.85. The van der Waals surface area contributed by atoms with Gasteiger partial charge in [0.05, 0.1) is 45.4 Å². The smallest absolute Gasteiger partial charge is 0.162 e. The van der Waals surface area contributed by atoms with E-state index in [9.17, 15) is 10.5 Å². The first-order chi connectivity index (χ1) is 23.7. The molecule has 2 heterocycles. The molecule has 228 valence electrons. The molecule has 6 aromatic rings. The first kappa shape index (κ1) is 29.1. The highest BCUT2D eigenvalue weighted by molar-refractivity contribution is 5.95. The number of aromatic nitrogens is 3. The normalized spacial score (nSPS) is 17.9. The third-order valence-electron chi connectivity index (χ3n) is 9.59. The van der Waals surface area contributed by atoms with E-state index < -0.39 is 0 Å². The lowest BCUT2D eigenvalue weighted by atomic mass is 9.86. The van der Waals surface area contributed by atoms with Crippen LogP contribution in [0.25, 0.3) is 45.3 Å². The molecule has 0 amide bonds. The van der Waals surface area contributed by atoms with Crippen LogP contribution in [-0.2, 0) is 0 Å². The Kier molecular flexibility index (Phi) is 7.36. The summed E-state index contributed by atoms with van der Waals surface area (Å²) in [4.78, 5) is 10.2. The molecule has 2 aromatic heterocycles. The summed E-state index contributed by atoms with van der Waals surface area (Å²) in [5, 5.41) is 22.6. The van der Waals surface area contributed by atoms with Gasteiger partial charge in [-0.05, 0) is 42.2 Å². The predicted octanol–water partition coefficient (Wildman–Crippen LogP) is 9.89. The average Bonchev–Trinajstić information content (AvgIpc) is 3.49. The van der Waals surface area contributed by atoms with Crippen molar-refractivity contribution in [2.24, 2.45) is 5.92 Å². The number of nitrogens with zero attached hydrogens (tertiary/aromatic N) is 5. The fourth-order valence-corrected chi connectivity index (χ4v) is 7.28. The Bertz CT molecular complexity index is 2360. The molecule has 48 heavy (non-hydrogen) atoms. The monoisotopic (exact) mass is 617 g/mol. The van der Waals surface area contributed by atoms with Crippen LogP contribution in [0, 0.1) is 28.6 Å². The number of benzene rings is 4. The largest absolute Gasteiger partial charge is 0.311 e. The van der Waals surface area contributed by atoms with Crippen molar-refractivity contribution in [2.75, 3.05) is 0 Å². The minimum absolute atomic E-state index is 0.0253. The van der Waals surface area contributed by atoms with Gasteiger partial charge in [0.1, 0.15) is 6.07 Å². The van der Waals surface area contributed by atoms with Gasteiger partial charge in [-0.25, -0.2) is 9.97 Å². The van der Waals surface area contributed by atoms with Gasteiger partial charge in [-0.15, -0.1) is 0 Å². The van der Waals surface area contributed by atoms with Crippen molar-refractivity contribution in [3.8, 4) is 40.5 Å². The second-order valence-electron chi connectivity index (χ2n) is 12.4. The highest BCUT2D eigenvalue weighted by atomic mass is 15.0. The van der Waals surface area contributed by atoms with Crippen molar-refractivity contribution >= 4 is 17.0 Å². The van der Waals surface area contributed by atoms with Gasteiger partial charge in [-0.2, -0.15) is 10.5 Å². The first-order valence-corrected chi connectivity index (χ1v) is 16.3. The zero-order valence-corrected chi connectivity index (χ0v) is 26.5. The van der Waals surface area contributed by atoms with E-state index in [1.54, 1.807) is 0 Å². The maximum absolute atomic E-state index is 11.0. The van der Waals surface area contributed by atoms with Gasteiger partial charge in [-0.3, -0.25) is 0 Å². The van der Waals surface area contributed by atoms with E-state index in [-0.39, 0.29) is 17.8 Å². The number of para-hydroxylation sites is 1. The van der Waals surface area contributed by atoms with Crippen molar-refractivity contribution in [3.63, 3.8) is 0 Å². The molecule has 0 N–H and O–H groups in total. The molecule has 0 aliphatic heterocycles. The van der Waals surface area contributed by atoms with E-state index in [4.69, 9.17) is 9.97 Å². The maximum atomic E-state index is 11.0. The Labute approximate surface area is 280 Å². The van der Waals surface area contributed by atoms with E-state index in [1.165, 1.54) is 5.56 Å². The molecule has 3 unspecified atom stereocenters. The molecule has 0 spiro atoms. The number of hydrogen-bond donors (Lipinski definition) is 0. The molecule has 0 saturated heterocycles. The summed E-state index contributed by atoms with van der Waals surface area (Å²) in [6.45, 7) is 2.18. The number of fused-ring (bicyclic) bond motifs is 3. The molecule has 0 saturated carbocycles. The molecular formula is C43H31N5. The summed E-state index contributed by atoms with van der Waals surface area (Å²) in [6.07, 6.45) is 13.7. The Balaban J connectivity index is 1.42. The lowest BCUT2D eigenvalue weighted by Gasteiger charge is -2.25. The molecule has 8 rings (SSSR count). The fourth-order valence-electron chi connectivity index (χ4n) is 7.28. The van der Waals surface area contributed by atoms with Gasteiger partial charge in [0.2, 0.25) is 0 Å². The third-order valence-corrected chi connectivity index (χ3v) is 9.59. The highest BCUT2D eigenvalue weighted by Gasteiger charge is 2.30. The summed E-state index contributed by atoms with van der Waals surface area (Å²) < 4.78 is 2.23. The van der Waals surface area contributed by atoms with E-state index >= 15 is 0 Å². The van der Waals surface area contributed by atoms with Crippen molar-refractivity contribution in [2.45, 2.75) is 25.2 Å². The summed E-state index contributed by atoms with van der Waals surface area (Å²) in [5.74, 6) is 0.707. The van der Waals surface area contributed by atoms with Gasteiger partial charge in [-0.1, -0.05) is 122 Å². The summed E-state index contributed by atoms with van der Waals surface area (Å²) in [7, 11) is 0. The SMILES string of the molecule is CC1C=CC=CC1c1cc(-c2ccccc2)nc(-c2c(C#N)ccc(-n3c4c(c5ccccc53)C=CCC4c3ccccc3)c2C#N)n1. The second-order valence-corrected chi connectivity index (χ2v) is 12.4. The number of allylic oxidation sites excluding steroid dienone is 5. The molecule has 2 aliphatic carbocycles. The van der Waals surface area contributed by atoms with Crippen LogP contribution >= 0.6 is 0 Å². The lowest BCUT2D eigenvalue weighted by molar-refractivity contribution is 0.619. The van der Waals surface area contributed by atoms with Gasteiger partial charge in [0.25, 0.3) is 0 Å². The first-order valence-electron chi connectivity index (χ1n) is 16.3. The zero-order chi connectivity index (χ0) is 32.6. The van der Waals surface area contributed by atoms with E-state index in [2.05, 4.69) is 103 Å². The molecule has 5 heteroatoms. The maximum Gasteiger partial charge on any atom is 0.162 e. The van der Waals surface area contributed by atoms with Crippen molar-refractivity contribution < 1.29 is 0 Å². The zero-order valence-electron chi connectivity index (χ0n) is 26.5. The Morgan fingerprint density at radius 1 is 0.792 bits per heavy atom. The number of nitriles is 2. The van der Waals surface area contributed by atoms with Crippen LogP contribution in [0.15, 0.2) is 134 Å². The Hall–Kier alpha value is -6.30. The highest BCUT2D eigenvalue weighted by Crippen LogP contribution is 2.44. The van der Waals surface area contributed by atoms with Crippen LogP contribution in [0.5, 0.6) is 0 Å². The molecule has 0 fully saturated rings. The van der Waals surface area contributed by atoms with E-state index in [1.807, 2.05) is 60.7 Å². The van der Waals surface area contributed by atoms with Gasteiger partial charge >= 0.3 is 0 Å². The molecule has 0 bridgehead atoms. The average molecular weight is 618 g/mol. The van der Waals surface area contributed by atoms with Crippen molar-refractivity contribution in [3.05, 3.63) is 167 Å². The minimum Gasteiger partial charge on any atom is -0.311 e. The van der Waals surface area contributed by atoms with Crippen LogP contribution in [-0.4, -0.2) is 14.5 Å². The Morgan fingerprint density at radius 2 is 1.54 bits per heavy atom. The van der Waals surface area contributed by atoms with Crippen LogP contribution in [0.4, 0.5) is 0 Å². The Morgan fingerprint density at radius 3 is 2.31 bits per heavy atom. The van der Waals surface area contributed by atoms with E-state index in [0.717, 1.165) is 45.5 Å². The molecular weight excluding hydrogens is 587 g/mol. The van der Waals surface area contributed by atoms with Crippen LogP contribution < -0.4 is 0 Å². The van der Waals surface area contributed by atoms with Crippen molar-refractivity contribution in [1.82, 2.24) is 14.5 Å². The summed E-state index contributed by atoms with van der Waals surface area (Å²) in [5.41, 5.74) is 8.96. The predicted molar refractivity (Wildman–Crippen MR) is 191 cm³/mol.